The van der Waals surface area contributed by atoms with E-state index in [9.17, 15) is 4.57 Å². The normalized spacial score (nSPS) is 14.3. The zero-order chi connectivity index (χ0) is 11.0. The van der Waals surface area contributed by atoms with Gasteiger partial charge in [-0.25, -0.2) is 0 Å². The first-order chi connectivity index (χ1) is 6.49. The fraction of sp³-hybridized carbons (Fsp3) is 1.00. The Kier molecular flexibility index (Phi) is 7.52. The monoisotopic (exact) mass is 222 g/mol. The van der Waals surface area contributed by atoms with Crippen LogP contribution in [0.25, 0.3) is 0 Å². The van der Waals surface area contributed by atoms with Crippen LogP contribution in [-0.4, -0.2) is 15.9 Å². The minimum atomic E-state index is -3.79. The van der Waals surface area contributed by atoms with Crippen LogP contribution < -0.4 is 0 Å². The molecule has 0 heterocycles. The third kappa shape index (κ3) is 8.74. The Labute approximate surface area is 87.1 Å². The van der Waals surface area contributed by atoms with Gasteiger partial charge in [-0.2, -0.15) is 0 Å². The number of unbranched alkanes of at least 4 members (excludes halogenated alkanes) is 3. The van der Waals surface area contributed by atoms with Crippen LogP contribution in [0.5, 0.6) is 0 Å². The zero-order valence-corrected chi connectivity index (χ0v) is 10.2. The lowest BCUT2D eigenvalue weighted by molar-refractivity contribution is 0.353. The Morgan fingerprint density at radius 3 is 2.21 bits per heavy atom. The van der Waals surface area contributed by atoms with Gasteiger partial charge in [0.25, 0.3) is 0 Å². The molecule has 0 radical (unpaired) electrons. The molecule has 0 fully saturated rings. The number of hydrogen-bond donors (Lipinski definition) is 2. The van der Waals surface area contributed by atoms with Gasteiger partial charge >= 0.3 is 7.60 Å². The van der Waals surface area contributed by atoms with Gasteiger partial charge in [0.05, 0.1) is 6.16 Å². The molecule has 0 rings (SSSR count). The van der Waals surface area contributed by atoms with E-state index in [0.29, 0.717) is 0 Å². The van der Waals surface area contributed by atoms with E-state index in [1.54, 1.807) is 0 Å². The highest BCUT2D eigenvalue weighted by molar-refractivity contribution is 7.51. The fourth-order valence-corrected chi connectivity index (χ4v) is 2.73. The maximum Gasteiger partial charge on any atom is 0.325 e. The van der Waals surface area contributed by atoms with E-state index in [1.807, 2.05) is 6.92 Å². The van der Waals surface area contributed by atoms with Crippen LogP contribution in [-0.2, 0) is 4.57 Å². The lowest BCUT2D eigenvalue weighted by atomic mass is 10.0. The van der Waals surface area contributed by atoms with Gasteiger partial charge in [0.1, 0.15) is 0 Å². The first-order valence-electron chi connectivity index (χ1n) is 5.54. The molecule has 86 valence electrons. The summed E-state index contributed by atoms with van der Waals surface area (Å²) in [7, 11) is -3.79. The molecule has 2 N–H and O–H groups in total. The standard InChI is InChI=1S/C10H23O3P/c1-3-5-6-7-8-10(4-2)9-14(11,12)13/h10H,3-9H2,1-2H3,(H2,11,12,13). The minimum Gasteiger partial charge on any atom is -0.324 e. The Bertz CT molecular complexity index is 176. The fourth-order valence-electron chi connectivity index (χ4n) is 1.62. The summed E-state index contributed by atoms with van der Waals surface area (Å²) < 4.78 is 10.8. The first-order valence-corrected chi connectivity index (χ1v) is 7.34. The van der Waals surface area contributed by atoms with Gasteiger partial charge in [0.2, 0.25) is 0 Å². The molecule has 0 aliphatic carbocycles. The molecule has 14 heavy (non-hydrogen) atoms. The van der Waals surface area contributed by atoms with Crippen molar-refractivity contribution in [2.24, 2.45) is 5.92 Å². The average Bonchev–Trinajstić information content (AvgIpc) is 2.08. The molecule has 1 atom stereocenters. The van der Waals surface area contributed by atoms with Crippen molar-refractivity contribution in [3.05, 3.63) is 0 Å². The van der Waals surface area contributed by atoms with E-state index in [4.69, 9.17) is 9.79 Å². The van der Waals surface area contributed by atoms with E-state index in [-0.39, 0.29) is 12.1 Å². The first kappa shape index (κ1) is 14.2. The van der Waals surface area contributed by atoms with Crippen LogP contribution in [0.15, 0.2) is 0 Å². The van der Waals surface area contributed by atoms with E-state index in [0.717, 1.165) is 19.3 Å². The molecular formula is C10H23O3P. The molecule has 0 aromatic carbocycles. The maximum absolute atomic E-state index is 10.8. The topological polar surface area (TPSA) is 57.5 Å². The van der Waals surface area contributed by atoms with Crippen molar-refractivity contribution >= 4 is 7.60 Å². The second-order valence-electron chi connectivity index (χ2n) is 3.97. The van der Waals surface area contributed by atoms with Crippen LogP contribution in [0, 0.1) is 5.92 Å². The highest BCUT2D eigenvalue weighted by atomic mass is 31.2. The Balaban J connectivity index is 3.64. The van der Waals surface area contributed by atoms with Crippen molar-refractivity contribution in [2.75, 3.05) is 6.16 Å². The highest BCUT2D eigenvalue weighted by Gasteiger charge is 2.19. The van der Waals surface area contributed by atoms with Crippen molar-refractivity contribution in [2.45, 2.75) is 52.4 Å². The van der Waals surface area contributed by atoms with Crippen molar-refractivity contribution in [3.8, 4) is 0 Å². The van der Waals surface area contributed by atoms with Gasteiger partial charge in [-0.05, 0) is 12.3 Å². The second kappa shape index (κ2) is 7.44. The molecule has 1 unspecified atom stereocenters. The van der Waals surface area contributed by atoms with Gasteiger partial charge in [-0.1, -0.05) is 46.0 Å². The molecule has 0 aromatic rings. The van der Waals surface area contributed by atoms with Crippen LogP contribution in [0.3, 0.4) is 0 Å². The van der Waals surface area contributed by atoms with Gasteiger partial charge < -0.3 is 9.79 Å². The van der Waals surface area contributed by atoms with Crippen molar-refractivity contribution < 1.29 is 14.4 Å². The molecule has 0 saturated heterocycles. The van der Waals surface area contributed by atoms with Crippen LogP contribution in [0.2, 0.25) is 0 Å². The Morgan fingerprint density at radius 2 is 1.79 bits per heavy atom. The molecule has 0 aliphatic heterocycles. The van der Waals surface area contributed by atoms with Gasteiger partial charge in [0.15, 0.2) is 0 Å². The zero-order valence-electron chi connectivity index (χ0n) is 9.28. The lowest BCUT2D eigenvalue weighted by Gasteiger charge is -2.15. The predicted molar refractivity (Wildman–Crippen MR) is 59.5 cm³/mol. The minimum absolute atomic E-state index is 0.0651. The summed E-state index contributed by atoms with van der Waals surface area (Å²) in [5, 5.41) is 0. The number of rotatable bonds is 8. The molecule has 4 heteroatoms. The highest BCUT2D eigenvalue weighted by Crippen LogP contribution is 2.39. The van der Waals surface area contributed by atoms with Crippen LogP contribution in [0.4, 0.5) is 0 Å². The Morgan fingerprint density at radius 1 is 1.14 bits per heavy atom. The smallest absolute Gasteiger partial charge is 0.324 e. The van der Waals surface area contributed by atoms with E-state index in [1.165, 1.54) is 19.3 Å². The molecule has 0 aliphatic rings. The van der Waals surface area contributed by atoms with Crippen LogP contribution >= 0.6 is 7.60 Å². The van der Waals surface area contributed by atoms with E-state index >= 15 is 0 Å². The molecule has 0 amide bonds. The largest absolute Gasteiger partial charge is 0.325 e. The maximum atomic E-state index is 10.8. The average molecular weight is 222 g/mol. The summed E-state index contributed by atoms with van der Waals surface area (Å²) in [4.78, 5) is 17.7. The molecule has 0 spiro atoms. The molecule has 0 aromatic heterocycles. The predicted octanol–water partition coefficient (Wildman–Crippen LogP) is 3.16. The van der Waals surface area contributed by atoms with Crippen molar-refractivity contribution in [1.29, 1.82) is 0 Å². The SMILES string of the molecule is CCCCCCC(CC)CP(=O)(O)O. The molecule has 0 bridgehead atoms. The van der Waals surface area contributed by atoms with Crippen molar-refractivity contribution in [1.82, 2.24) is 0 Å². The molecule has 0 saturated carbocycles. The number of hydrogen-bond acceptors (Lipinski definition) is 1. The summed E-state index contributed by atoms with van der Waals surface area (Å²) in [6.45, 7) is 4.16. The van der Waals surface area contributed by atoms with Gasteiger partial charge in [-0.3, -0.25) is 4.57 Å². The van der Waals surface area contributed by atoms with E-state index in [2.05, 4.69) is 6.92 Å². The summed E-state index contributed by atoms with van der Waals surface area (Å²) in [6, 6.07) is 0. The Hall–Kier alpha value is 0.150. The summed E-state index contributed by atoms with van der Waals surface area (Å²) >= 11 is 0. The third-order valence-electron chi connectivity index (χ3n) is 2.54. The quantitative estimate of drug-likeness (QED) is 0.490. The van der Waals surface area contributed by atoms with E-state index < -0.39 is 7.60 Å². The summed E-state index contributed by atoms with van der Waals surface area (Å²) in [5.41, 5.74) is 0. The van der Waals surface area contributed by atoms with Gasteiger partial charge in [0, 0.05) is 0 Å². The van der Waals surface area contributed by atoms with Crippen molar-refractivity contribution in [3.63, 3.8) is 0 Å². The molecule has 3 nitrogen and oxygen atoms in total. The molecular weight excluding hydrogens is 199 g/mol. The third-order valence-corrected chi connectivity index (χ3v) is 3.53. The lowest BCUT2D eigenvalue weighted by Crippen LogP contribution is -2.05. The summed E-state index contributed by atoms with van der Waals surface area (Å²) in [6.07, 6.45) is 6.62. The second-order valence-corrected chi connectivity index (χ2v) is 5.67. The van der Waals surface area contributed by atoms with Gasteiger partial charge in [-0.15, -0.1) is 0 Å². The summed E-state index contributed by atoms with van der Waals surface area (Å²) in [5.74, 6) is 0.202. The van der Waals surface area contributed by atoms with Crippen LogP contribution in [0.1, 0.15) is 52.4 Å².